The fourth-order valence-corrected chi connectivity index (χ4v) is 4.98. The standard InChI is InChI=1S/C19H18N2O4/c1-25-10-4-2-9(3-5-10)17(22)20-21-18(23)15-11-6-7-12(14-8-13(11)14)16(15)19(21)24/h2-7,11-16H,8H2,1H3,(H,20,22)/t11?,12?,13?,14?,15-,16+. The molecular formula is C19H18N2O4. The van der Waals surface area contributed by atoms with Gasteiger partial charge in [-0.25, -0.2) is 0 Å². The van der Waals surface area contributed by atoms with E-state index in [-0.39, 0.29) is 35.5 Å². The van der Waals surface area contributed by atoms with Crippen molar-refractivity contribution < 1.29 is 19.1 Å². The predicted octanol–water partition coefficient (Wildman–Crippen LogP) is 1.39. The Morgan fingerprint density at radius 1 is 1.04 bits per heavy atom. The fraction of sp³-hybridized carbons (Fsp3) is 0.421. The van der Waals surface area contributed by atoms with E-state index in [1.54, 1.807) is 31.4 Å². The molecule has 3 amide bonds. The highest BCUT2D eigenvalue weighted by Crippen LogP contribution is 2.65. The minimum absolute atomic E-state index is 0.152. The first-order valence-corrected chi connectivity index (χ1v) is 8.61. The molecule has 1 aromatic rings. The molecule has 1 N–H and O–H groups in total. The van der Waals surface area contributed by atoms with Crippen LogP contribution in [0.3, 0.4) is 0 Å². The number of amides is 3. The number of ether oxygens (including phenoxy) is 1. The molecule has 1 aromatic carbocycles. The molecule has 25 heavy (non-hydrogen) atoms. The minimum Gasteiger partial charge on any atom is -0.497 e. The molecule has 4 unspecified atom stereocenters. The molecule has 3 fully saturated rings. The Morgan fingerprint density at radius 2 is 1.60 bits per heavy atom. The summed E-state index contributed by atoms with van der Waals surface area (Å²) in [5.41, 5.74) is 2.89. The second kappa shape index (κ2) is 4.94. The lowest BCUT2D eigenvalue weighted by Gasteiger charge is -2.37. The molecule has 6 rings (SSSR count). The molecular weight excluding hydrogens is 320 g/mol. The lowest BCUT2D eigenvalue weighted by molar-refractivity contribution is -0.143. The number of hydrazine groups is 1. The highest BCUT2D eigenvalue weighted by atomic mass is 16.5. The van der Waals surface area contributed by atoms with Gasteiger partial charge in [-0.1, -0.05) is 12.2 Å². The minimum atomic E-state index is -0.464. The number of carbonyl (C=O) groups is 3. The maximum absolute atomic E-state index is 12.8. The van der Waals surface area contributed by atoms with Gasteiger partial charge in [0.25, 0.3) is 17.7 Å². The molecule has 0 spiro atoms. The van der Waals surface area contributed by atoms with Gasteiger partial charge >= 0.3 is 0 Å². The van der Waals surface area contributed by atoms with Crippen molar-refractivity contribution in [3.05, 3.63) is 42.0 Å². The van der Waals surface area contributed by atoms with Gasteiger partial charge in [0.1, 0.15) is 5.75 Å². The monoisotopic (exact) mass is 338 g/mol. The van der Waals surface area contributed by atoms with Gasteiger partial charge in [0.15, 0.2) is 0 Å². The number of hydrogen-bond donors (Lipinski definition) is 1. The number of benzene rings is 1. The van der Waals surface area contributed by atoms with Gasteiger partial charge in [-0.05, 0) is 54.4 Å². The van der Waals surface area contributed by atoms with Crippen molar-refractivity contribution in [1.29, 1.82) is 0 Å². The lowest BCUT2D eigenvalue weighted by Crippen LogP contribution is -2.46. The molecule has 2 saturated carbocycles. The number of hydrogen-bond acceptors (Lipinski definition) is 4. The van der Waals surface area contributed by atoms with Crippen LogP contribution in [0.5, 0.6) is 5.75 Å². The van der Waals surface area contributed by atoms with Gasteiger partial charge in [0.05, 0.1) is 18.9 Å². The summed E-state index contributed by atoms with van der Waals surface area (Å²) in [7, 11) is 1.55. The third-order valence-electron chi connectivity index (χ3n) is 6.23. The van der Waals surface area contributed by atoms with Crippen molar-refractivity contribution in [2.45, 2.75) is 6.42 Å². The van der Waals surface area contributed by atoms with Crippen LogP contribution in [-0.2, 0) is 9.59 Å². The molecule has 2 bridgehead atoms. The zero-order chi connectivity index (χ0) is 17.3. The summed E-state index contributed by atoms with van der Waals surface area (Å²) in [6.07, 6.45) is 5.34. The summed E-state index contributed by atoms with van der Waals surface area (Å²) in [5.74, 6) is 0.438. The highest BCUT2D eigenvalue weighted by molar-refractivity contribution is 6.08. The first-order chi connectivity index (χ1) is 12.1. The van der Waals surface area contributed by atoms with Gasteiger partial charge in [-0.3, -0.25) is 19.8 Å². The number of rotatable bonds is 3. The van der Waals surface area contributed by atoms with E-state index in [0.717, 1.165) is 11.4 Å². The van der Waals surface area contributed by atoms with Crippen molar-refractivity contribution in [2.75, 3.05) is 7.11 Å². The first-order valence-electron chi connectivity index (χ1n) is 8.61. The van der Waals surface area contributed by atoms with Gasteiger partial charge in [-0.2, -0.15) is 5.01 Å². The van der Waals surface area contributed by atoms with E-state index in [1.807, 2.05) is 0 Å². The Bertz CT molecular complexity index is 779. The molecule has 128 valence electrons. The third kappa shape index (κ3) is 1.94. The van der Waals surface area contributed by atoms with E-state index in [1.165, 1.54) is 0 Å². The van der Waals surface area contributed by atoms with Gasteiger partial charge < -0.3 is 4.74 Å². The van der Waals surface area contributed by atoms with Crippen molar-refractivity contribution in [3.8, 4) is 5.75 Å². The topological polar surface area (TPSA) is 75.7 Å². The van der Waals surface area contributed by atoms with E-state index >= 15 is 0 Å². The third-order valence-corrected chi connectivity index (χ3v) is 6.23. The second-order valence-electron chi connectivity index (χ2n) is 7.34. The van der Waals surface area contributed by atoms with Crippen molar-refractivity contribution in [2.24, 2.45) is 35.5 Å². The van der Waals surface area contributed by atoms with Crippen LogP contribution in [0, 0.1) is 35.5 Å². The molecule has 6 heteroatoms. The molecule has 5 aliphatic rings. The number of nitrogens with zero attached hydrogens (tertiary/aromatic N) is 1. The Morgan fingerprint density at radius 3 is 2.12 bits per heavy atom. The summed E-state index contributed by atoms with van der Waals surface area (Å²) in [4.78, 5) is 38.1. The Balaban J connectivity index is 1.37. The quantitative estimate of drug-likeness (QED) is 0.668. The van der Waals surface area contributed by atoms with E-state index in [9.17, 15) is 14.4 Å². The SMILES string of the molecule is COc1ccc(C(=O)NN2C(=O)[C@@H]3C4C=CC(C5CC54)[C@@H]3C2=O)cc1. The summed E-state index contributed by atoms with van der Waals surface area (Å²) < 4.78 is 5.07. The van der Waals surface area contributed by atoms with E-state index in [4.69, 9.17) is 4.74 Å². The van der Waals surface area contributed by atoms with Crippen LogP contribution in [0.1, 0.15) is 16.8 Å². The molecule has 1 aliphatic heterocycles. The van der Waals surface area contributed by atoms with Crippen LogP contribution in [0.4, 0.5) is 0 Å². The van der Waals surface area contributed by atoms with Crippen molar-refractivity contribution in [1.82, 2.24) is 10.4 Å². The zero-order valence-electron chi connectivity index (χ0n) is 13.7. The molecule has 0 radical (unpaired) electrons. The lowest BCUT2D eigenvalue weighted by atomic mass is 9.63. The Labute approximate surface area is 144 Å². The van der Waals surface area contributed by atoms with Gasteiger partial charge in [-0.15, -0.1) is 0 Å². The number of imide groups is 1. The largest absolute Gasteiger partial charge is 0.497 e. The van der Waals surface area contributed by atoms with Crippen molar-refractivity contribution in [3.63, 3.8) is 0 Å². The van der Waals surface area contributed by atoms with Crippen molar-refractivity contribution >= 4 is 17.7 Å². The summed E-state index contributed by atoms with van der Waals surface area (Å²) >= 11 is 0. The first kappa shape index (κ1) is 14.7. The maximum atomic E-state index is 12.8. The normalized spacial score (nSPS) is 36.9. The number of methoxy groups -OCH3 is 1. The average Bonchev–Trinajstić information content (AvgIpc) is 3.43. The Kier molecular flexibility index (Phi) is 2.90. The smallest absolute Gasteiger partial charge is 0.270 e. The molecule has 1 heterocycles. The van der Waals surface area contributed by atoms with Crippen LogP contribution < -0.4 is 10.2 Å². The van der Waals surface area contributed by atoms with Gasteiger partial charge in [0, 0.05) is 5.56 Å². The molecule has 0 aromatic heterocycles. The maximum Gasteiger partial charge on any atom is 0.270 e. The highest BCUT2D eigenvalue weighted by Gasteiger charge is 2.67. The molecule has 6 atom stereocenters. The van der Waals surface area contributed by atoms with Gasteiger partial charge in [0.2, 0.25) is 0 Å². The Hall–Kier alpha value is -2.63. The van der Waals surface area contributed by atoms with Crippen LogP contribution in [0.25, 0.3) is 0 Å². The molecule has 6 nitrogen and oxygen atoms in total. The zero-order valence-corrected chi connectivity index (χ0v) is 13.7. The fourth-order valence-electron chi connectivity index (χ4n) is 4.98. The van der Waals surface area contributed by atoms with E-state index in [0.29, 0.717) is 23.1 Å². The predicted molar refractivity (Wildman–Crippen MR) is 87.0 cm³/mol. The van der Waals surface area contributed by atoms with E-state index in [2.05, 4.69) is 17.6 Å². The number of carbonyl (C=O) groups excluding carboxylic acids is 3. The van der Waals surface area contributed by atoms with Crippen LogP contribution in [-0.4, -0.2) is 29.8 Å². The number of allylic oxidation sites excluding steroid dienone is 2. The van der Waals surface area contributed by atoms with E-state index < -0.39 is 5.91 Å². The number of nitrogens with one attached hydrogen (secondary N) is 1. The van der Waals surface area contributed by atoms with Crippen LogP contribution in [0.15, 0.2) is 36.4 Å². The summed E-state index contributed by atoms with van der Waals surface area (Å²) in [6, 6.07) is 6.54. The molecule has 4 aliphatic carbocycles. The summed E-state index contributed by atoms with van der Waals surface area (Å²) in [6.45, 7) is 0. The molecule has 1 saturated heterocycles. The average molecular weight is 338 g/mol. The second-order valence-corrected chi connectivity index (χ2v) is 7.34. The van der Waals surface area contributed by atoms with Crippen LogP contribution >= 0.6 is 0 Å². The van der Waals surface area contributed by atoms with Crippen LogP contribution in [0.2, 0.25) is 0 Å². The summed E-state index contributed by atoms with van der Waals surface area (Å²) in [5, 5.41) is 0.958.